The number of esters is 1. The lowest BCUT2D eigenvalue weighted by Gasteiger charge is -2.42. The fourth-order valence-corrected chi connectivity index (χ4v) is 9.62. The van der Waals surface area contributed by atoms with E-state index in [9.17, 15) is 39.9 Å². The molecule has 6 N–H and O–H groups in total. The number of nitrogens with zero attached hydrogens (tertiary/aromatic N) is 3. The molecule has 3 aromatic rings. The van der Waals surface area contributed by atoms with E-state index in [0.717, 1.165) is 6.54 Å². The average molecular weight is 927 g/mol. The summed E-state index contributed by atoms with van der Waals surface area (Å²) in [5.41, 5.74) is 0.785. The largest absolute Gasteiger partial charge is 0.507 e. The summed E-state index contributed by atoms with van der Waals surface area (Å²) in [7, 11) is 1.44. The van der Waals surface area contributed by atoms with Crippen molar-refractivity contribution in [2.45, 2.75) is 118 Å². The van der Waals surface area contributed by atoms with Gasteiger partial charge >= 0.3 is 11.8 Å². The van der Waals surface area contributed by atoms with Crippen LogP contribution >= 0.6 is 0 Å². The molecule has 1 saturated heterocycles. The molecular formula is C51H66N4O12. The smallest absolute Gasteiger partial charge is 0.312 e. The molecule has 362 valence electrons. The zero-order valence-corrected chi connectivity index (χ0v) is 40.2. The molecule has 7 rings (SSSR count). The number of allylic oxidation sites excluding steroid dienone is 2. The molecule has 2 unspecified atom stereocenters. The third kappa shape index (κ3) is 10.2. The number of methoxy groups -OCH3 is 1. The van der Waals surface area contributed by atoms with Gasteiger partial charge in [0.2, 0.25) is 0 Å². The summed E-state index contributed by atoms with van der Waals surface area (Å²) < 4.78 is 23.8. The van der Waals surface area contributed by atoms with Crippen molar-refractivity contribution in [3.63, 3.8) is 0 Å². The van der Waals surface area contributed by atoms with Gasteiger partial charge in [0.25, 0.3) is 11.7 Å². The lowest BCUT2D eigenvalue weighted by atomic mass is 9.78. The van der Waals surface area contributed by atoms with Crippen LogP contribution in [-0.2, 0) is 30.3 Å². The number of phenols is 3. The van der Waals surface area contributed by atoms with Crippen LogP contribution < -0.4 is 10.1 Å². The van der Waals surface area contributed by atoms with Crippen LogP contribution in [-0.4, -0.2) is 122 Å². The van der Waals surface area contributed by atoms with E-state index in [1.807, 2.05) is 37.1 Å². The van der Waals surface area contributed by atoms with E-state index in [4.69, 9.17) is 24.0 Å². The van der Waals surface area contributed by atoms with Crippen molar-refractivity contribution in [1.82, 2.24) is 9.91 Å². The molecular weight excluding hydrogens is 861 g/mol. The van der Waals surface area contributed by atoms with Gasteiger partial charge in [0, 0.05) is 80.8 Å². The number of ketones is 1. The van der Waals surface area contributed by atoms with Crippen LogP contribution in [0.15, 0.2) is 71.6 Å². The predicted molar refractivity (Wildman–Crippen MR) is 254 cm³/mol. The highest BCUT2D eigenvalue weighted by molar-refractivity contribution is 6.23. The number of hydrogen-bond acceptors (Lipinski definition) is 15. The Morgan fingerprint density at radius 2 is 1.57 bits per heavy atom. The van der Waals surface area contributed by atoms with Gasteiger partial charge in [-0.3, -0.25) is 24.3 Å². The number of anilines is 1. The van der Waals surface area contributed by atoms with Crippen molar-refractivity contribution < 1.29 is 58.9 Å². The molecule has 4 heterocycles. The molecule has 4 aliphatic rings. The van der Waals surface area contributed by atoms with Gasteiger partial charge in [0.15, 0.2) is 5.75 Å². The van der Waals surface area contributed by atoms with Gasteiger partial charge in [-0.2, -0.15) is 5.10 Å². The normalized spacial score (nSPS) is 31.4. The maximum Gasteiger partial charge on any atom is 0.312 e. The summed E-state index contributed by atoms with van der Waals surface area (Å²) in [6.07, 6.45) is 4.88. The zero-order valence-electron chi connectivity index (χ0n) is 40.2. The number of phenolic OH excluding ortho intramolecular Hbond substituents is 3. The Bertz CT molecular complexity index is 2460. The number of piperazine rings is 1. The Morgan fingerprint density at radius 1 is 0.910 bits per heavy atom. The first kappa shape index (κ1) is 50.5. The quantitative estimate of drug-likeness (QED) is 0.0658. The number of carbonyl (C=O) groups excluding carboxylic acids is 3. The van der Waals surface area contributed by atoms with Crippen molar-refractivity contribution >= 4 is 40.3 Å². The summed E-state index contributed by atoms with van der Waals surface area (Å²) in [6, 6.07) is 9.93. The molecule has 0 radical (unpaired) electrons. The number of ether oxygens (including phenoxy) is 4. The van der Waals surface area contributed by atoms with E-state index in [-0.39, 0.29) is 56.6 Å². The van der Waals surface area contributed by atoms with Crippen molar-refractivity contribution in [3.8, 4) is 23.0 Å². The van der Waals surface area contributed by atoms with E-state index in [1.165, 1.54) is 65.0 Å². The molecule has 3 aromatic carbocycles. The van der Waals surface area contributed by atoms with E-state index >= 15 is 0 Å². The Hall–Kier alpha value is -5.94. The fourth-order valence-electron chi connectivity index (χ4n) is 9.62. The first-order valence-corrected chi connectivity index (χ1v) is 22.8. The van der Waals surface area contributed by atoms with Gasteiger partial charge in [-0.15, -0.1) is 0 Å². The van der Waals surface area contributed by atoms with Crippen molar-refractivity contribution in [3.05, 3.63) is 88.7 Å². The van der Waals surface area contributed by atoms with Crippen LogP contribution in [0.3, 0.4) is 0 Å². The van der Waals surface area contributed by atoms with E-state index < -0.39 is 88.8 Å². The molecule has 0 spiro atoms. The Morgan fingerprint density at radius 3 is 2.19 bits per heavy atom. The van der Waals surface area contributed by atoms with Crippen molar-refractivity contribution in [2.24, 2.45) is 28.8 Å². The van der Waals surface area contributed by atoms with E-state index in [2.05, 4.69) is 22.3 Å². The van der Waals surface area contributed by atoms with Gasteiger partial charge < -0.3 is 49.8 Å². The van der Waals surface area contributed by atoms with E-state index in [0.29, 0.717) is 13.1 Å². The monoisotopic (exact) mass is 926 g/mol. The molecule has 4 aliphatic heterocycles. The zero-order chi connectivity index (χ0) is 49.2. The van der Waals surface area contributed by atoms with Crippen molar-refractivity contribution in [1.29, 1.82) is 0 Å². The van der Waals surface area contributed by atoms with Crippen LogP contribution in [0.25, 0.3) is 10.8 Å². The molecule has 1 amide bonds. The maximum atomic E-state index is 14.6. The number of hydrazone groups is 1. The molecule has 16 nitrogen and oxygen atoms in total. The standard InChI is InChI=1S/C51H66N4O12/c1-26-16-15-17-27(2)50(63)53-41-36(22-52-55-28(3)23-54(24-29(55)4)25-35-18-13-12-14-19-35)45(60)38-39(46(41)61)44(59)33(8)48-40(38)49(62)51(10,67-48)65-21-20-37(64-11)30(5)47(66-34(9)56)32(7)43(58)31(6)42(26)57/h12-22,26,28-32,37,42-43,47,57-61H,23-25H2,1-11H3,(H,53,63)/b16-15-,21-20?,27-17-,52-22+/t26-,28?,29?,30+,31+,32+,37-,42-,43+,47+,51-/m0/s1. The molecule has 0 saturated carbocycles. The third-order valence-corrected chi connectivity index (χ3v) is 13.6. The number of benzene rings is 3. The van der Waals surface area contributed by atoms with Crippen molar-refractivity contribution in [2.75, 3.05) is 25.5 Å². The summed E-state index contributed by atoms with van der Waals surface area (Å²) in [5, 5.41) is 68.1. The number of hydrogen-bond donors (Lipinski definition) is 6. The second kappa shape index (κ2) is 20.5. The van der Waals surface area contributed by atoms with E-state index in [1.54, 1.807) is 39.8 Å². The number of fused-ring (bicyclic) bond motifs is 14. The number of rotatable bonds is 6. The highest BCUT2D eigenvalue weighted by Gasteiger charge is 2.50. The van der Waals surface area contributed by atoms with Crippen LogP contribution in [0.2, 0.25) is 0 Å². The number of aromatic hydroxyl groups is 3. The molecule has 67 heavy (non-hydrogen) atoms. The first-order valence-electron chi connectivity index (χ1n) is 22.8. The Balaban J connectivity index is 1.49. The number of amides is 1. The molecule has 0 aliphatic carbocycles. The minimum absolute atomic E-state index is 0.0500. The molecule has 1 fully saturated rings. The molecule has 16 heteroatoms. The summed E-state index contributed by atoms with van der Waals surface area (Å²) in [4.78, 5) is 43.4. The lowest BCUT2D eigenvalue weighted by molar-refractivity contribution is -0.160. The highest BCUT2D eigenvalue weighted by Crippen LogP contribution is 2.55. The first-order chi connectivity index (χ1) is 31.6. The number of nitrogens with one attached hydrogen (secondary N) is 1. The Labute approximate surface area is 392 Å². The lowest BCUT2D eigenvalue weighted by Crippen LogP contribution is -2.54. The van der Waals surface area contributed by atoms with Gasteiger partial charge in [0.1, 0.15) is 23.4 Å². The number of Topliss-reactive ketones (excluding diaryl/α,β-unsaturated/α-hetero) is 1. The summed E-state index contributed by atoms with van der Waals surface area (Å²) >= 11 is 0. The van der Waals surface area contributed by atoms with Gasteiger partial charge in [-0.25, -0.2) is 0 Å². The second-order valence-corrected chi connectivity index (χ2v) is 18.6. The second-order valence-electron chi connectivity index (χ2n) is 18.6. The number of aliphatic hydroxyl groups excluding tert-OH is 2. The van der Waals surface area contributed by atoms with Gasteiger partial charge in [0.05, 0.1) is 65.1 Å². The average Bonchev–Trinajstić information content (AvgIpc) is 3.55. The minimum Gasteiger partial charge on any atom is -0.507 e. The van der Waals surface area contributed by atoms with Crippen LogP contribution in [0.4, 0.5) is 5.69 Å². The van der Waals surface area contributed by atoms with Crippen LogP contribution in [0.1, 0.15) is 89.4 Å². The predicted octanol–water partition coefficient (Wildman–Crippen LogP) is 6.68. The highest BCUT2D eigenvalue weighted by atomic mass is 16.7. The molecule has 5 bridgehead atoms. The number of aliphatic hydroxyl groups is 2. The SMILES string of the molecule is CO[C@H]1C=CO[C@@]2(C)Oc3c(C)c(O)c4c(O)c(c(/C=N/N5C(C)CN(Cc6ccccc6)CC5C)c(O)c4c3C2=O)NC(=O)/C(C)=C\C=C/[C@H](C)[C@H](O)[C@@H](C)[C@@H](O)[C@@H](C)[C@H](OC(C)=O)[C@@H]1C. The maximum absolute atomic E-state index is 14.6. The molecule has 11 atom stereocenters. The van der Waals surface area contributed by atoms with Crippen LogP contribution in [0.5, 0.6) is 23.0 Å². The fraction of sp³-hybridized carbons (Fsp3) is 0.490. The number of carbonyl (C=O) groups is 3. The Kier molecular flexibility index (Phi) is 15.5. The summed E-state index contributed by atoms with van der Waals surface area (Å²) in [6.45, 7) is 18.7. The summed E-state index contributed by atoms with van der Waals surface area (Å²) in [5.74, 6) is -8.46. The minimum atomic E-state index is -2.07. The van der Waals surface area contributed by atoms with Gasteiger partial charge in [-0.1, -0.05) is 76.3 Å². The molecule has 0 aromatic heterocycles. The van der Waals surface area contributed by atoms with Crippen LogP contribution in [0, 0.1) is 30.6 Å². The topological polar surface area (TPSA) is 220 Å². The third-order valence-electron chi connectivity index (χ3n) is 13.6. The van der Waals surface area contributed by atoms with Gasteiger partial charge in [-0.05, 0) is 39.3 Å².